The molecule has 7 heteroatoms. The minimum atomic E-state index is -3.22. The molecule has 1 N–H and O–H groups in total. The van der Waals surface area contributed by atoms with Gasteiger partial charge in [0.2, 0.25) is 15.9 Å². The van der Waals surface area contributed by atoms with Gasteiger partial charge in [0.1, 0.15) is 5.75 Å². The minimum Gasteiger partial charge on any atom is -0.497 e. The number of nitrogens with zero attached hydrogens (tertiary/aromatic N) is 1. The van der Waals surface area contributed by atoms with E-state index in [1.54, 1.807) is 19.2 Å². The van der Waals surface area contributed by atoms with Gasteiger partial charge in [-0.25, -0.2) is 12.7 Å². The van der Waals surface area contributed by atoms with Crippen LogP contribution in [0.25, 0.3) is 0 Å². The maximum absolute atomic E-state index is 11.8. The van der Waals surface area contributed by atoms with Crippen LogP contribution in [-0.2, 0) is 21.2 Å². The summed E-state index contributed by atoms with van der Waals surface area (Å²) >= 11 is 0. The Balaban J connectivity index is 2.41. The SMILES string of the molecule is CCCN(CCNC(=O)Cc1ccc(OC)cc1)S(C)(=O)=O. The summed E-state index contributed by atoms with van der Waals surface area (Å²) in [5.74, 6) is 0.614. The Bertz CT molecular complexity index is 570. The number of ether oxygens (including phenoxy) is 1. The Morgan fingerprint density at radius 3 is 2.36 bits per heavy atom. The molecule has 0 aliphatic heterocycles. The van der Waals surface area contributed by atoms with Gasteiger partial charge in [0.05, 0.1) is 19.8 Å². The van der Waals surface area contributed by atoms with Crippen LogP contribution in [0.4, 0.5) is 0 Å². The lowest BCUT2D eigenvalue weighted by Crippen LogP contribution is -2.38. The lowest BCUT2D eigenvalue weighted by molar-refractivity contribution is -0.120. The van der Waals surface area contributed by atoms with E-state index in [0.717, 1.165) is 17.7 Å². The molecule has 0 aliphatic carbocycles. The summed E-state index contributed by atoms with van der Waals surface area (Å²) in [6, 6.07) is 7.26. The lowest BCUT2D eigenvalue weighted by atomic mass is 10.1. The van der Waals surface area contributed by atoms with Gasteiger partial charge in [0.25, 0.3) is 0 Å². The third kappa shape index (κ3) is 6.44. The van der Waals surface area contributed by atoms with Crippen LogP contribution < -0.4 is 10.1 Å². The summed E-state index contributed by atoms with van der Waals surface area (Å²) in [6.07, 6.45) is 2.19. The van der Waals surface area contributed by atoms with E-state index >= 15 is 0 Å². The van der Waals surface area contributed by atoms with Gasteiger partial charge in [-0.1, -0.05) is 19.1 Å². The Kier molecular flexibility index (Phi) is 7.34. The van der Waals surface area contributed by atoms with Crippen molar-refractivity contribution in [3.63, 3.8) is 0 Å². The van der Waals surface area contributed by atoms with Crippen LogP contribution in [0.1, 0.15) is 18.9 Å². The summed E-state index contributed by atoms with van der Waals surface area (Å²) in [7, 11) is -1.63. The predicted molar refractivity (Wildman–Crippen MR) is 86.4 cm³/mol. The molecule has 0 saturated heterocycles. The Morgan fingerprint density at radius 1 is 1.23 bits per heavy atom. The molecule has 0 saturated carbocycles. The van der Waals surface area contributed by atoms with Gasteiger partial charge in [-0.15, -0.1) is 0 Å². The van der Waals surface area contributed by atoms with Crippen molar-refractivity contribution in [2.45, 2.75) is 19.8 Å². The second kappa shape index (κ2) is 8.75. The number of carbonyl (C=O) groups excluding carboxylic acids is 1. The maximum Gasteiger partial charge on any atom is 0.224 e. The first-order chi connectivity index (χ1) is 10.4. The van der Waals surface area contributed by atoms with Crippen molar-refractivity contribution in [1.29, 1.82) is 0 Å². The molecular formula is C15H24N2O4S. The molecule has 1 rings (SSSR count). The summed E-state index contributed by atoms with van der Waals surface area (Å²) in [6.45, 7) is 2.98. The average molecular weight is 328 g/mol. The highest BCUT2D eigenvalue weighted by Crippen LogP contribution is 2.11. The molecule has 1 aromatic carbocycles. The van der Waals surface area contributed by atoms with Crippen molar-refractivity contribution in [2.24, 2.45) is 0 Å². The first-order valence-corrected chi connectivity index (χ1v) is 9.06. The Hall–Kier alpha value is -1.60. The van der Waals surface area contributed by atoms with E-state index in [0.29, 0.717) is 19.6 Å². The monoisotopic (exact) mass is 328 g/mol. The van der Waals surface area contributed by atoms with Crippen LogP contribution in [0, 0.1) is 0 Å². The van der Waals surface area contributed by atoms with Gasteiger partial charge in [0.15, 0.2) is 0 Å². The molecule has 0 fully saturated rings. The minimum absolute atomic E-state index is 0.130. The smallest absolute Gasteiger partial charge is 0.224 e. The third-order valence-corrected chi connectivity index (χ3v) is 4.45. The lowest BCUT2D eigenvalue weighted by Gasteiger charge is -2.19. The molecule has 1 amide bonds. The second-order valence-corrected chi connectivity index (χ2v) is 7.02. The topological polar surface area (TPSA) is 75.7 Å². The highest BCUT2D eigenvalue weighted by molar-refractivity contribution is 7.88. The molecular weight excluding hydrogens is 304 g/mol. The van der Waals surface area contributed by atoms with Crippen LogP contribution >= 0.6 is 0 Å². The molecule has 0 aliphatic rings. The van der Waals surface area contributed by atoms with Crippen molar-refractivity contribution < 1.29 is 17.9 Å². The first-order valence-electron chi connectivity index (χ1n) is 7.21. The highest BCUT2D eigenvalue weighted by Gasteiger charge is 2.15. The van der Waals surface area contributed by atoms with Gasteiger partial charge in [-0.05, 0) is 24.1 Å². The predicted octanol–water partition coefficient (Wildman–Crippen LogP) is 1.03. The summed E-state index contributed by atoms with van der Waals surface area (Å²) in [5.41, 5.74) is 0.881. The largest absolute Gasteiger partial charge is 0.497 e. The number of amides is 1. The number of carbonyl (C=O) groups is 1. The number of hydrogen-bond acceptors (Lipinski definition) is 4. The van der Waals surface area contributed by atoms with Crippen LogP contribution in [0.2, 0.25) is 0 Å². The number of methoxy groups -OCH3 is 1. The van der Waals surface area contributed by atoms with Crippen molar-refractivity contribution in [1.82, 2.24) is 9.62 Å². The van der Waals surface area contributed by atoms with E-state index < -0.39 is 10.0 Å². The number of rotatable bonds is 9. The molecule has 0 atom stereocenters. The van der Waals surface area contributed by atoms with Crippen LogP contribution in [-0.4, -0.2) is 51.6 Å². The standard InChI is InChI=1S/C15H24N2O4S/c1-4-10-17(22(3,19)20)11-9-16-15(18)12-13-5-7-14(21-2)8-6-13/h5-8H,4,9-12H2,1-3H3,(H,16,18). The van der Waals surface area contributed by atoms with E-state index in [1.807, 2.05) is 19.1 Å². The van der Waals surface area contributed by atoms with Crippen molar-refractivity contribution in [3.8, 4) is 5.75 Å². The highest BCUT2D eigenvalue weighted by atomic mass is 32.2. The molecule has 22 heavy (non-hydrogen) atoms. The molecule has 6 nitrogen and oxygen atoms in total. The van der Waals surface area contributed by atoms with Crippen molar-refractivity contribution in [2.75, 3.05) is 33.0 Å². The Morgan fingerprint density at radius 2 is 1.86 bits per heavy atom. The normalized spacial score (nSPS) is 11.5. The van der Waals surface area contributed by atoms with Gasteiger partial charge >= 0.3 is 0 Å². The van der Waals surface area contributed by atoms with E-state index in [2.05, 4.69) is 5.32 Å². The van der Waals surface area contributed by atoms with E-state index in [-0.39, 0.29) is 12.3 Å². The fraction of sp³-hybridized carbons (Fsp3) is 0.533. The molecule has 0 spiro atoms. The molecule has 0 radical (unpaired) electrons. The molecule has 1 aromatic rings. The fourth-order valence-corrected chi connectivity index (χ4v) is 2.94. The number of nitrogens with one attached hydrogen (secondary N) is 1. The van der Waals surface area contributed by atoms with Gasteiger partial charge in [0, 0.05) is 19.6 Å². The van der Waals surface area contributed by atoms with E-state index in [1.165, 1.54) is 10.6 Å². The molecule has 0 aromatic heterocycles. The zero-order valence-corrected chi connectivity index (χ0v) is 14.1. The first kappa shape index (κ1) is 18.4. The van der Waals surface area contributed by atoms with Crippen molar-refractivity contribution >= 4 is 15.9 Å². The van der Waals surface area contributed by atoms with Gasteiger partial charge in [-0.2, -0.15) is 0 Å². The van der Waals surface area contributed by atoms with Crippen LogP contribution in [0.3, 0.4) is 0 Å². The van der Waals surface area contributed by atoms with Gasteiger partial charge in [-0.3, -0.25) is 4.79 Å². The molecule has 0 unspecified atom stereocenters. The van der Waals surface area contributed by atoms with Crippen LogP contribution in [0.5, 0.6) is 5.75 Å². The Labute approximate surface area is 132 Å². The molecule has 124 valence electrons. The summed E-state index contributed by atoms with van der Waals surface area (Å²) < 4.78 is 29.5. The number of hydrogen-bond donors (Lipinski definition) is 1. The van der Waals surface area contributed by atoms with Crippen LogP contribution in [0.15, 0.2) is 24.3 Å². The van der Waals surface area contributed by atoms with E-state index in [4.69, 9.17) is 4.74 Å². The zero-order chi connectivity index (χ0) is 16.6. The second-order valence-electron chi connectivity index (χ2n) is 5.04. The fourth-order valence-electron chi connectivity index (χ4n) is 2.00. The average Bonchev–Trinajstić information content (AvgIpc) is 2.46. The van der Waals surface area contributed by atoms with Gasteiger partial charge < -0.3 is 10.1 Å². The zero-order valence-electron chi connectivity index (χ0n) is 13.3. The van der Waals surface area contributed by atoms with Crippen molar-refractivity contribution in [3.05, 3.63) is 29.8 Å². The summed E-state index contributed by atoms with van der Waals surface area (Å²) in [4.78, 5) is 11.8. The number of benzene rings is 1. The number of sulfonamides is 1. The maximum atomic E-state index is 11.8. The summed E-state index contributed by atoms with van der Waals surface area (Å²) in [5, 5.41) is 2.74. The third-order valence-electron chi connectivity index (χ3n) is 3.15. The quantitative estimate of drug-likeness (QED) is 0.734. The molecule has 0 heterocycles. The van der Waals surface area contributed by atoms with E-state index in [9.17, 15) is 13.2 Å². The molecule has 0 bridgehead atoms.